The quantitative estimate of drug-likeness (QED) is 0.501. The van der Waals surface area contributed by atoms with Crippen molar-refractivity contribution in [2.75, 3.05) is 46.0 Å². The van der Waals surface area contributed by atoms with Gasteiger partial charge in [-0.2, -0.15) is 0 Å². The van der Waals surface area contributed by atoms with Crippen LogP contribution in [0.1, 0.15) is 13.3 Å². The summed E-state index contributed by atoms with van der Waals surface area (Å²) in [5.74, 6) is 1.21. The van der Waals surface area contributed by atoms with Crippen molar-refractivity contribution in [3.05, 3.63) is 30.3 Å². The van der Waals surface area contributed by atoms with Crippen molar-refractivity contribution < 1.29 is 0 Å². The highest BCUT2D eigenvalue weighted by Crippen LogP contribution is 2.17. The van der Waals surface area contributed by atoms with Gasteiger partial charge in [0.05, 0.1) is 0 Å². The lowest BCUT2D eigenvalue weighted by Crippen LogP contribution is -2.31. The van der Waals surface area contributed by atoms with Crippen molar-refractivity contribution in [1.82, 2.24) is 9.80 Å². The second-order valence-corrected chi connectivity index (χ2v) is 5.88. The van der Waals surface area contributed by atoms with Gasteiger partial charge in [0.2, 0.25) is 0 Å². The molecule has 0 heterocycles. The average molecular weight is 266 g/mol. The van der Waals surface area contributed by atoms with Crippen LogP contribution >= 0.6 is 11.8 Å². The molecule has 0 bridgehead atoms. The van der Waals surface area contributed by atoms with Gasteiger partial charge in [-0.3, -0.25) is 0 Å². The second kappa shape index (κ2) is 9.42. The fourth-order valence-corrected chi connectivity index (χ4v) is 2.51. The topological polar surface area (TPSA) is 6.48 Å². The number of nitrogens with zero attached hydrogens (tertiary/aromatic N) is 2. The van der Waals surface area contributed by atoms with Crippen LogP contribution in [0.3, 0.4) is 0 Å². The third-order valence-electron chi connectivity index (χ3n) is 3.10. The Balaban J connectivity index is 2.03. The van der Waals surface area contributed by atoms with E-state index in [0.717, 1.165) is 6.54 Å². The Bertz CT molecular complexity index is 303. The lowest BCUT2D eigenvalue weighted by atomic mass is 10.4. The number of thioether (sulfide) groups is 1. The van der Waals surface area contributed by atoms with E-state index in [9.17, 15) is 0 Å². The highest BCUT2D eigenvalue weighted by Gasteiger charge is 2.00. The van der Waals surface area contributed by atoms with Crippen LogP contribution in [-0.2, 0) is 0 Å². The minimum Gasteiger partial charge on any atom is -0.305 e. The first-order chi connectivity index (χ1) is 8.72. The van der Waals surface area contributed by atoms with Crippen molar-refractivity contribution in [2.24, 2.45) is 0 Å². The monoisotopic (exact) mass is 266 g/mol. The SMILES string of the molecule is CCN(C)CCN(C)CCCSc1ccccc1. The zero-order valence-electron chi connectivity index (χ0n) is 11.9. The first-order valence-corrected chi connectivity index (χ1v) is 7.76. The number of hydrogen-bond donors (Lipinski definition) is 0. The van der Waals surface area contributed by atoms with E-state index < -0.39 is 0 Å². The van der Waals surface area contributed by atoms with Gasteiger partial charge in [-0.15, -0.1) is 11.8 Å². The Hall–Kier alpha value is -0.510. The third-order valence-corrected chi connectivity index (χ3v) is 4.20. The molecule has 2 nitrogen and oxygen atoms in total. The molecule has 102 valence electrons. The molecule has 1 rings (SSSR count). The molecule has 1 aromatic carbocycles. The largest absolute Gasteiger partial charge is 0.305 e. The highest BCUT2D eigenvalue weighted by atomic mass is 32.2. The van der Waals surface area contributed by atoms with Crippen molar-refractivity contribution >= 4 is 11.8 Å². The molecular weight excluding hydrogens is 240 g/mol. The Morgan fingerprint density at radius 3 is 2.28 bits per heavy atom. The van der Waals surface area contributed by atoms with Crippen LogP contribution in [0, 0.1) is 0 Å². The van der Waals surface area contributed by atoms with Crippen LogP contribution in [-0.4, -0.2) is 55.8 Å². The van der Waals surface area contributed by atoms with E-state index in [0.29, 0.717) is 0 Å². The summed E-state index contributed by atoms with van der Waals surface area (Å²) in [6, 6.07) is 10.7. The van der Waals surface area contributed by atoms with Crippen LogP contribution in [0.25, 0.3) is 0 Å². The van der Waals surface area contributed by atoms with E-state index in [1.165, 1.54) is 36.7 Å². The highest BCUT2D eigenvalue weighted by molar-refractivity contribution is 7.99. The van der Waals surface area contributed by atoms with E-state index >= 15 is 0 Å². The zero-order chi connectivity index (χ0) is 13.2. The van der Waals surface area contributed by atoms with Crippen molar-refractivity contribution in [1.29, 1.82) is 0 Å². The molecule has 18 heavy (non-hydrogen) atoms. The molecule has 0 aliphatic rings. The maximum Gasteiger partial charge on any atom is 0.0106 e. The molecule has 0 unspecified atom stereocenters. The number of rotatable bonds is 9. The maximum atomic E-state index is 2.43. The second-order valence-electron chi connectivity index (χ2n) is 4.71. The summed E-state index contributed by atoms with van der Waals surface area (Å²) in [7, 11) is 4.40. The smallest absolute Gasteiger partial charge is 0.0106 e. The van der Waals surface area contributed by atoms with E-state index in [1.54, 1.807) is 0 Å². The minimum absolute atomic E-state index is 1.14. The van der Waals surface area contributed by atoms with Gasteiger partial charge in [0, 0.05) is 18.0 Å². The Morgan fingerprint density at radius 1 is 0.944 bits per heavy atom. The van der Waals surface area contributed by atoms with Crippen LogP contribution < -0.4 is 0 Å². The molecule has 0 spiro atoms. The van der Waals surface area contributed by atoms with E-state index in [-0.39, 0.29) is 0 Å². The van der Waals surface area contributed by atoms with Crippen LogP contribution in [0.15, 0.2) is 35.2 Å². The summed E-state index contributed by atoms with van der Waals surface area (Å²) >= 11 is 1.95. The van der Waals surface area contributed by atoms with E-state index in [1.807, 2.05) is 11.8 Å². The fourth-order valence-electron chi connectivity index (χ4n) is 1.65. The molecule has 0 atom stereocenters. The number of benzene rings is 1. The number of hydrogen-bond acceptors (Lipinski definition) is 3. The molecule has 0 aliphatic carbocycles. The molecular formula is C15H26N2S. The molecule has 0 aromatic heterocycles. The summed E-state index contributed by atoms with van der Waals surface area (Å²) in [4.78, 5) is 6.17. The van der Waals surface area contributed by atoms with Crippen LogP contribution in [0.2, 0.25) is 0 Å². The lowest BCUT2D eigenvalue weighted by molar-refractivity contribution is 0.264. The van der Waals surface area contributed by atoms with Crippen molar-refractivity contribution in [2.45, 2.75) is 18.2 Å². The van der Waals surface area contributed by atoms with Crippen molar-refractivity contribution in [3.8, 4) is 0 Å². The summed E-state index contributed by atoms with van der Waals surface area (Å²) in [5, 5.41) is 0. The fraction of sp³-hybridized carbons (Fsp3) is 0.600. The third kappa shape index (κ3) is 7.04. The molecule has 0 saturated heterocycles. The molecule has 0 aliphatic heterocycles. The molecule has 3 heteroatoms. The average Bonchev–Trinajstić information content (AvgIpc) is 2.42. The van der Waals surface area contributed by atoms with Gasteiger partial charge in [0.1, 0.15) is 0 Å². The first kappa shape index (κ1) is 15.5. The first-order valence-electron chi connectivity index (χ1n) is 6.77. The van der Waals surface area contributed by atoms with E-state index in [2.05, 4.69) is 61.2 Å². The summed E-state index contributed by atoms with van der Waals surface area (Å²) < 4.78 is 0. The zero-order valence-corrected chi connectivity index (χ0v) is 12.7. The van der Waals surface area contributed by atoms with Gasteiger partial charge in [0.15, 0.2) is 0 Å². The standard InChI is InChI=1S/C15H26N2S/c1-4-16(2)12-13-17(3)11-8-14-18-15-9-6-5-7-10-15/h5-7,9-10H,4,8,11-14H2,1-3H3. The Kier molecular flexibility index (Phi) is 8.14. The molecule has 0 amide bonds. The van der Waals surface area contributed by atoms with Crippen molar-refractivity contribution in [3.63, 3.8) is 0 Å². The maximum absolute atomic E-state index is 2.43. The number of likely N-dealkylation sites (N-methyl/N-ethyl adjacent to an activating group) is 2. The molecule has 0 fully saturated rings. The van der Waals surface area contributed by atoms with Crippen LogP contribution in [0.5, 0.6) is 0 Å². The molecule has 0 radical (unpaired) electrons. The van der Waals surface area contributed by atoms with Gasteiger partial charge in [-0.1, -0.05) is 25.1 Å². The van der Waals surface area contributed by atoms with Gasteiger partial charge in [-0.25, -0.2) is 0 Å². The normalized spacial score (nSPS) is 11.4. The van der Waals surface area contributed by atoms with Gasteiger partial charge in [0.25, 0.3) is 0 Å². The van der Waals surface area contributed by atoms with E-state index in [4.69, 9.17) is 0 Å². The molecule has 1 aromatic rings. The Morgan fingerprint density at radius 2 is 1.61 bits per heavy atom. The van der Waals surface area contributed by atoms with Gasteiger partial charge >= 0.3 is 0 Å². The molecule has 0 saturated carbocycles. The summed E-state index contributed by atoms with van der Waals surface area (Å²) in [6.45, 7) is 6.87. The minimum atomic E-state index is 1.14. The lowest BCUT2D eigenvalue weighted by Gasteiger charge is -2.20. The predicted molar refractivity (Wildman–Crippen MR) is 82.5 cm³/mol. The Labute approximate surface area is 116 Å². The molecule has 0 N–H and O–H groups in total. The van der Waals surface area contributed by atoms with Gasteiger partial charge in [-0.05, 0) is 51.5 Å². The summed E-state index contributed by atoms with van der Waals surface area (Å²) in [6.07, 6.45) is 1.26. The summed E-state index contributed by atoms with van der Waals surface area (Å²) in [5.41, 5.74) is 0. The van der Waals surface area contributed by atoms with Gasteiger partial charge < -0.3 is 9.80 Å². The van der Waals surface area contributed by atoms with Crippen LogP contribution in [0.4, 0.5) is 0 Å². The predicted octanol–water partition coefficient (Wildman–Crippen LogP) is 3.05.